The fourth-order valence-corrected chi connectivity index (χ4v) is 3.33. The van der Waals surface area contributed by atoms with E-state index in [4.69, 9.17) is 4.42 Å². The number of anilines is 1. The number of benzene rings is 2. The molecule has 1 N–H and O–H groups in total. The van der Waals surface area contributed by atoms with Crippen LogP contribution in [-0.4, -0.2) is 21.1 Å². The SMILES string of the molecule is Cc1ccc(C)c(-c2nnc(NC(=O)c3nc4ccccc4s3)o2)c1. The summed E-state index contributed by atoms with van der Waals surface area (Å²) in [6, 6.07) is 13.6. The summed E-state index contributed by atoms with van der Waals surface area (Å²) in [6.07, 6.45) is 0. The van der Waals surface area contributed by atoms with E-state index in [1.54, 1.807) is 0 Å². The van der Waals surface area contributed by atoms with Crippen molar-refractivity contribution in [1.29, 1.82) is 0 Å². The van der Waals surface area contributed by atoms with Crippen molar-refractivity contribution in [1.82, 2.24) is 15.2 Å². The predicted octanol–water partition coefficient (Wildman–Crippen LogP) is 4.22. The normalized spacial score (nSPS) is 11.0. The highest BCUT2D eigenvalue weighted by molar-refractivity contribution is 7.20. The van der Waals surface area contributed by atoms with E-state index in [-0.39, 0.29) is 11.9 Å². The van der Waals surface area contributed by atoms with Crippen LogP contribution in [0.1, 0.15) is 20.9 Å². The van der Waals surface area contributed by atoms with E-state index in [1.807, 2.05) is 56.3 Å². The summed E-state index contributed by atoms with van der Waals surface area (Å²) in [5.74, 6) is 0.0122. The summed E-state index contributed by atoms with van der Waals surface area (Å²) in [5, 5.41) is 10.9. The molecule has 0 aliphatic heterocycles. The number of hydrogen-bond donors (Lipinski definition) is 1. The van der Waals surface area contributed by atoms with Crippen LogP contribution in [0.3, 0.4) is 0 Å². The van der Waals surface area contributed by atoms with Gasteiger partial charge in [-0.25, -0.2) is 4.98 Å². The number of fused-ring (bicyclic) bond motifs is 1. The highest BCUT2D eigenvalue weighted by Gasteiger charge is 2.17. The van der Waals surface area contributed by atoms with Gasteiger partial charge in [0.25, 0.3) is 5.91 Å². The van der Waals surface area contributed by atoms with E-state index in [2.05, 4.69) is 20.5 Å². The lowest BCUT2D eigenvalue weighted by atomic mass is 10.1. The third-order valence-corrected chi connectivity index (χ3v) is 4.79. The summed E-state index contributed by atoms with van der Waals surface area (Å²) in [7, 11) is 0. The molecule has 0 saturated heterocycles. The van der Waals surface area contributed by atoms with Gasteiger partial charge in [-0.3, -0.25) is 10.1 Å². The van der Waals surface area contributed by atoms with Crippen molar-refractivity contribution in [3.63, 3.8) is 0 Å². The maximum atomic E-state index is 12.4. The van der Waals surface area contributed by atoms with E-state index < -0.39 is 0 Å². The zero-order chi connectivity index (χ0) is 17.4. The minimum atomic E-state index is -0.364. The molecule has 0 spiro atoms. The van der Waals surface area contributed by atoms with Crippen molar-refractivity contribution in [3.8, 4) is 11.5 Å². The minimum absolute atomic E-state index is 0.0557. The van der Waals surface area contributed by atoms with Gasteiger partial charge in [-0.2, -0.15) is 0 Å². The number of amides is 1. The zero-order valence-electron chi connectivity index (χ0n) is 13.6. The van der Waals surface area contributed by atoms with Crippen LogP contribution in [0.4, 0.5) is 6.01 Å². The minimum Gasteiger partial charge on any atom is -0.403 e. The molecular weight excluding hydrogens is 336 g/mol. The number of para-hydroxylation sites is 1. The Kier molecular flexibility index (Phi) is 3.77. The van der Waals surface area contributed by atoms with Crippen LogP contribution in [0, 0.1) is 13.8 Å². The van der Waals surface area contributed by atoms with Crippen LogP contribution in [0.5, 0.6) is 0 Å². The zero-order valence-corrected chi connectivity index (χ0v) is 14.4. The van der Waals surface area contributed by atoms with Crippen molar-refractivity contribution in [3.05, 3.63) is 58.6 Å². The van der Waals surface area contributed by atoms with E-state index in [1.165, 1.54) is 11.3 Å². The molecular formula is C18H14N4O2S. The quantitative estimate of drug-likeness (QED) is 0.598. The van der Waals surface area contributed by atoms with Crippen molar-refractivity contribution >= 4 is 33.5 Å². The van der Waals surface area contributed by atoms with Crippen LogP contribution in [-0.2, 0) is 0 Å². The fraction of sp³-hybridized carbons (Fsp3) is 0.111. The summed E-state index contributed by atoms with van der Waals surface area (Å²) in [5.41, 5.74) is 3.77. The largest absolute Gasteiger partial charge is 0.403 e. The van der Waals surface area contributed by atoms with Gasteiger partial charge in [0.2, 0.25) is 5.89 Å². The first-order chi connectivity index (χ1) is 12.1. The molecule has 0 fully saturated rings. The molecule has 0 atom stereocenters. The van der Waals surface area contributed by atoms with Crippen molar-refractivity contribution < 1.29 is 9.21 Å². The molecule has 0 aliphatic carbocycles. The van der Waals surface area contributed by atoms with Gasteiger partial charge in [-0.05, 0) is 37.6 Å². The molecule has 2 aromatic carbocycles. The Labute approximate surface area is 147 Å². The Hall–Kier alpha value is -3.06. The molecule has 2 aromatic heterocycles. The van der Waals surface area contributed by atoms with E-state index >= 15 is 0 Å². The van der Waals surface area contributed by atoms with E-state index in [0.717, 1.165) is 26.9 Å². The van der Waals surface area contributed by atoms with Gasteiger partial charge in [0, 0.05) is 5.56 Å². The highest BCUT2D eigenvalue weighted by Crippen LogP contribution is 2.26. The van der Waals surface area contributed by atoms with Crippen molar-refractivity contribution in [2.45, 2.75) is 13.8 Å². The Morgan fingerprint density at radius 2 is 1.96 bits per heavy atom. The molecule has 7 heteroatoms. The van der Waals surface area contributed by atoms with Crippen LogP contribution >= 0.6 is 11.3 Å². The summed E-state index contributed by atoms with van der Waals surface area (Å²) < 4.78 is 6.55. The molecule has 25 heavy (non-hydrogen) atoms. The highest BCUT2D eigenvalue weighted by atomic mass is 32.1. The van der Waals surface area contributed by atoms with Crippen molar-refractivity contribution in [2.24, 2.45) is 0 Å². The third kappa shape index (κ3) is 3.01. The van der Waals surface area contributed by atoms with Crippen LogP contribution < -0.4 is 5.32 Å². The molecule has 0 bridgehead atoms. The first-order valence-corrected chi connectivity index (χ1v) is 8.50. The Balaban J connectivity index is 1.58. The second kappa shape index (κ2) is 6.10. The molecule has 0 radical (unpaired) electrons. The summed E-state index contributed by atoms with van der Waals surface area (Å²) in [4.78, 5) is 16.7. The predicted molar refractivity (Wildman–Crippen MR) is 96.8 cm³/mol. The molecule has 4 rings (SSSR count). The molecule has 4 aromatic rings. The number of nitrogens with zero attached hydrogens (tertiary/aromatic N) is 3. The molecule has 6 nitrogen and oxygen atoms in total. The second-order valence-corrected chi connectivity index (χ2v) is 6.70. The number of aromatic nitrogens is 3. The van der Waals surface area contributed by atoms with Gasteiger partial charge in [-0.1, -0.05) is 34.9 Å². The number of nitrogens with one attached hydrogen (secondary N) is 1. The molecule has 0 aliphatic rings. The standard InChI is InChI=1S/C18H14N4O2S/c1-10-7-8-11(2)12(9-10)16-21-22-18(24-16)20-15(23)17-19-13-5-3-4-6-14(13)25-17/h3-9H,1-2H3,(H,20,22,23). The van der Waals surface area contributed by atoms with Gasteiger partial charge in [0.1, 0.15) is 0 Å². The Bertz CT molecular complexity index is 1050. The van der Waals surface area contributed by atoms with Gasteiger partial charge in [-0.15, -0.1) is 16.4 Å². The van der Waals surface area contributed by atoms with Gasteiger partial charge in [0.05, 0.1) is 10.2 Å². The first kappa shape index (κ1) is 15.5. The lowest BCUT2D eigenvalue weighted by Gasteiger charge is -2.01. The monoisotopic (exact) mass is 350 g/mol. The van der Waals surface area contributed by atoms with Crippen LogP contribution in [0.25, 0.3) is 21.7 Å². The number of hydrogen-bond acceptors (Lipinski definition) is 6. The number of carbonyl (C=O) groups excluding carboxylic acids is 1. The summed E-state index contributed by atoms with van der Waals surface area (Å²) >= 11 is 1.32. The average molecular weight is 350 g/mol. The van der Waals surface area contributed by atoms with E-state index in [0.29, 0.717) is 10.9 Å². The molecule has 2 heterocycles. The number of carbonyl (C=O) groups is 1. The lowest BCUT2D eigenvalue weighted by Crippen LogP contribution is -2.11. The van der Waals surface area contributed by atoms with Crippen LogP contribution in [0.15, 0.2) is 46.9 Å². The molecule has 0 unspecified atom stereocenters. The average Bonchev–Trinajstić information content (AvgIpc) is 3.23. The second-order valence-electron chi connectivity index (χ2n) is 5.67. The van der Waals surface area contributed by atoms with Gasteiger partial charge in [0.15, 0.2) is 5.01 Å². The number of rotatable bonds is 3. The Morgan fingerprint density at radius 1 is 1.12 bits per heavy atom. The number of aryl methyl sites for hydroxylation is 2. The molecule has 0 saturated carbocycles. The topological polar surface area (TPSA) is 80.9 Å². The van der Waals surface area contributed by atoms with Crippen LogP contribution in [0.2, 0.25) is 0 Å². The van der Waals surface area contributed by atoms with Gasteiger partial charge < -0.3 is 4.42 Å². The lowest BCUT2D eigenvalue weighted by molar-refractivity contribution is 0.102. The number of thiazole rings is 1. The maximum absolute atomic E-state index is 12.4. The van der Waals surface area contributed by atoms with E-state index in [9.17, 15) is 4.79 Å². The Morgan fingerprint density at radius 3 is 2.80 bits per heavy atom. The summed E-state index contributed by atoms with van der Waals surface area (Å²) in [6.45, 7) is 3.97. The van der Waals surface area contributed by atoms with Crippen molar-refractivity contribution in [2.75, 3.05) is 5.32 Å². The fourth-order valence-electron chi connectivity index (χ4n) is 2.47. The maximum Gasteiger partial charge on any atom is 0.322 e. The third-order valence-electron chi connectivity index (χ3n) is 3.76. The smallest absolute Gasteiger partial charge is 0.322 e. The first-order valence-electron chi connectivity index (χ1n) is 7.68. The molecule has 124 valence electrons. The van der Waals surface area contributed by atoms with Gasteiger partial charge >= 0.3 is 6.01 Å². The molecule has 1 amide bonds.